The Hall–Kier alpha value is -0.450. The molecule has 1 heterocycles. The van der Waals surface area contributed by atoms with Crippen LogP contribution < -0.4 is 5.32 Å². The van der Waals surface area contributed by atoms with Crippen LogP contribution in [0.5, 0.6) is 0 Å². The van der Waals surface area contributed by atoms with Gasteiger partial charge >= 0.3 is 0 Å². The van der Waals surface area contributed by atoms with Gasteiger partial charge in [0.15, 0.2) is 0 Å². The van der Waals surface area contributed by atoms with E-state index >= 15 is 0 Å². The average molecular weight is 298 g/mol. The van der Waals surface area contributed by atoms with E-state index in [0.717, 1.165) is 39.1 Å². The molecule has 0 fully saturated rings. The first kappa shape index (κ1) is 17.6. The Morgan fingerprint density at radius 2 is 1.95 bits per heavy atom. The minimum absolute atomic E-state index is 0.165. The molecule has 0 aliphatic carbocycles. The molecule has 0 saturated carbocycles. The molecule has 1 aromatic heterocycles. The van der Waals surface area contributed by atoms with E-state index in [9.17, 15) is 0 Å². The highest BCUT2D eigenvalue weighted by Crippen LogP contribution is 2.23. The van der Waals surface area contributed by atoms with Crippen molar-refractivity contribution in [3.8, 4) is 0 Å². The molecular formula is C16H30N2OS. The first-order chi connectivity index (χ1) is 9.54. The second kappa shape index (κ2) is 9.48. The fourth-order valence-corrected chi connectivity index (χ4v) is 2.76. The standard InChI is InChI=1S/C16H30N2OS/c1-5-6-11-19-12-7-9-17-10-8-15-18-14(13-20-15)16(2,3)4/h13,17H,5-12H2,1-4H3. The molecule has 20 heavy (non-hydrogen) atoms. The van der Waals surface area contributed by atoms with Crippen molar-refractivity contribution in [3.63, 3.8) is 0 Å². The smallest absolute Gasteiger partial charge is 0.0941 e. The second-order valence-electron chi connectivity index (χ2n) is 6.20. The molecule has 3 nitrogen and oxygen atoms in total. The van der Waals surface area contributed by atoms with Crippen molar-refractivity contribution in [2.24, 2.45) is 0 Å². The summed E-state index contributed by atoms with van der Waals surface area (Å²) in [6, 6.07) is 0. The Morgan fingerprint density at radius 3 is 2.60 bits per heavy atom. The molecule has 0 aliphatic rings. The summed E-state index contributed by atoms with van der Waals surface area (Å²) in [5, 5.41) is 6.89. The summed E-state index contributed by atoms with van der Waals surface area (Å²) >= 11 is 1.78. The summed E-state index contributed by atoms with van der Waals surface area (Å²) in [5.41, 5.74) is 1.37. The Kier molecular flexibility index (Phi) is 8.34. The Balaban J connectivity index is 2.03. The van der Waals surface area contributed by atoms with E-state index in [-0.39, 0.29) is 5.41 Å². The largest absolute Gasteiger partial charge is 0.381 e. The van der Waals surface area contributed by atoms with Crippen molar-refractivity contribution < 1.29 is 4.74 Å². The third kappa shape index (κ3) is 7.36. The molecular weight excluding hydrogens is 268 g/mol. The van der Waals surface area contributed by atoms with Crippen LogP contribution in [0.4, 0.5) is 0 Å². The zero-order valence-corrected chi connectivity index (χ0v) is 14.3. The lowest BCUT2D eigenvalue weighted by atomic mass is 9.93. The van der Waals surface area contributed by atoms with Crippen LogP contribution >= 0.6 is 11.3 Å². The molecule has 1 aromatic rings. The van der Waals surface area contributed by atoms with Gasteiger partial charge in [-0.15, -0.1) is 11.3 Å². The molecule has 0 amide bonds. The van der Waals surface area contributed by atoms with Gasteiger partial charge < -0.3 is 10.1 Å². The Bertz CT molecular complexity index is 358. The van der Waals surface area contributed by atoms with Crippen LogP contribution in [-0.2, 0) is 16.6 Å². The van der Waals surface area contributed by atoms with E-state index in [1.54, 1.807) is 11.3 Å². The van der Waals surface area contributed by atoms with Gasteiger partial charge in [-0.3, -0.25) is 0 Å². The lowest BCUT2D eigenvalue weighted by molar-refractivity contribution is 0.129. The van der Waals surface area contributed by atoms with Crippen LogP contribution in [0.25, 0.3) is 0 Å². The summed E-state index contributed by atoms with van der Waals surface area (Å²) in [4.78, 5) is 4.70. The van der Waals surface area contributed by atoms with Crippen molar-refractivity contribution in [3.05, 3.63) is 16.1 Å². The van der Waals surface area contributed by atoms with Gasteiger partial charge in [0.1, 0.15) is 0 Å². The van der Waals surface area contributed by atoms with Crippen molar-refractivity contribution >= 4 is 11.3 Å². The fourth-order valence-electron chi connectivity index (χ4n) is 1.74. The van der Waals surface area contributed by atoms with E-state index in [1.807, 2.05) is 0 Å². The van der Waals surface area contributed by atoms with Crippen molar-refractivity contribution in [2.75, 3.05) is 26.3 Å². The number of thiazole rings is 1. The normalized spacial score (nSPS) is 12.0. The van der Waals surface area contributed by atoms with Gasteiger partial charge in [-0.1, -0.05) is 34.1 Å². The highest BCUT2D eigenvalue weighted by molar-refractivity contribution is 7.09. The number of nitrogens with zero attached hydrogens (tertiary/aromatic N) is 1. The van der Waals surface area contributed by atoms with E-state index in [4.69, 9.17) is 9.72 Å². The predicted molar refractivity (Wildman–Crippen MR) is 87.7 cm³/mol. The van der Waals surface area contributed by atoms with E-state index in [1.165, 1.54) is 23.5 Å². The molecule has 1 rings (SSSR count). The molecule has 0 radical (unpaired) electrons. The first-order valence-electron chi connectivity index (χ1n) is 7.77. The average Bonchev–Trinajstić information content (AvgIpc) is 2.85. The third-order valence-corrected chi connectivity index (χ3v) is 4.03. The molecule has 0 saturated heterocycles. The van der Waals surface area contributed by atoms with Gasteiger partial charge in [0.2, 0.25) is 0 Å². The van der Waals surface area contributed by atoms with Crippen LogP contribution in [0.1, 0.15) is 57.7 Å². The number of rotatable bonds is 10. The molecule has 0 spiro atoms. The number of aromatic nitrogens is 1. The van der Waals surface area contributed by atoms with Gasteiger partial charge in [0, 0.05) is 37.0 Å². The maximum absolute atomic E-state index is 5.53. The minimum atomic E-state index is 0.165. The lowest BCUT2D eigenvalue weighted by Gasteiger charge is -2.14. The number of nitrogens with one attached hydrogen (secondary N) is 1. The molecule has 0 aliphatic heterocycles. The molecule has 0 bridgehead atoms. The van der Waals surface area contributed by atoms with Crippen LogP contribution in [0.3, 0.4) is 0 Å². The van der Waals surface area contributed by atoms with Crippen LogP contribution in [0.15, 0.2) is 5.38 Å². The summed E-state index contributed by atoms with van der Waals surface area (Å²) in [7, 11) is 0. The second-order valence-corrected chi connectivity index (χ2v) is 7.14. The van der Waals surface area contributed by atoms with E-state index < -0.39 is 0 Å². The molecule has 4 heteroatoms. The number of hydrogen-bond acceptors (Lipinski definition) is 4. The van der Waals surface area contributed by atoms with Crippen molar-refractivity contribution in [2.45, 2.75) is 58.8 Å². The highest BCUT2D eigenvalue weighted by Gasteiger charge is 2.16. The zero-order chi connectivity index (χ0) is 14.8. The van der Waals surface area contributed by atoms with Crippen LogP contribution in [0, 0.1) is 0 Å². The number of ether oxygens (including phenoxy) is 1. The third-order valence-electron chi connectivity index (χ3n) is 3.12. The predicted octanol–water partition coefficient (Wildman–Crippen LogP) is 3.78. The highest BCUT2D eigenvalue weighted by atomic mass is 32.1. The maximum atomic E-state index is 5.53. The molecule has 0 atom stereocenters. The summed E-state index contributed by atoms with van der Waals surface area (Å²) in [5.74, 6) is 0. The summed E-state index contributed by atoms with van der Waals surface area (Å²) in [6.07, 6.45) is 4.50. The molecule has 116 valence electrons. The fraction of sp³-hybridized carbons (Fsp3) is 0.812. The minimum Gasteiger partial charge on any atom is -0.381 e. The Morgan fingerprint density at radius 1 is 1.20 bits per heavy atom. The summed E-state index contributed by atoms with van der Waals surface area (Å²) < 4.78 is 5.53. The van der Waals surface area contributed by atoms with Gasteiger partial charge in [-0.05, 0) is 19.4 Å². The number of hydrogen-bond donors (Lipinski definition) is 1. The monoisotopic (exact) mass is 298 g/mol. The zero-order valence-electron chi connectivity index (χ0n) is 13.5. The summed E-state index contributed by atoms with van der Waals surface area (Å²) in [6.45, 7) is 12.6. The quantitative estimate of drug-likeness (QED) is 0.668. The maximum Gasteiger partial charge on any atom is 0.0941 e. The van der Waals surface area contributed by atoms with Crippen LogP contribution in [0.2, 0.25) is 0 Å². The SMILES string of the molecule is CCCCOCCCNCCc1nc(C(C)(C)C)cs1. The van der Waals surface area contributed by atoms with Crippen molar-refractivity contribution in [1.29, 1.82) is 0 Å². The first-order valence-corrected chi connectivity index (χ1v) is 8.65. The van der Waals surface area contributed by atoms with Gasteiger partial charge in [0.05, 0.1) is 10.7 Å². The van der Waals surface area contributed by atoms with E-state index in [0.29, 0.717) is 0 Å². The molecule has 1 N–H and O–H groups in total. The van der Waals surface area contributed by atoms with Gasteiger partial charge in [0.25, 0.3) is 0 Å². The van der Waals surface area contributed by atoms with E-state index in [2.05, 4.69) is 38.4 Å². The van der Waals surface area contributed by atoms with Gasteiger partial charge in [-0.25, -0.2) is 4.98 Å². The van der Waals surface area contributed by atoms with Gasteiger partial charge in [-0.2, -0.15) is 0 Å². The lowest BCUT2D eigenvalue weighted by Crippen LogP contribution is -2.20. The topological polar surface area (TPSA) is 34.1 Å². The molecule has 0 unspecified atom stereocenters. The van der Waals surface area contributed by atoms with Crippen LogP contribution in [-0.4, -0.2) is 31.3 Å². The number of unbranched alkanes of at least 4 members (excludes halogenated alkanes) is 1. The molecule has 0 aromatic carbocycles. The Labute approximate surface area is 128 Å². The van der Waals surface area contributed by atoms with Crippen molar-refractivity contribution in [1.82, 2.24) is 10.3 Å².